The maximum Gasteiger partial charge on any atom is 0.407 e. The zero-order chi connectivity index (χ0) is 18.4. The number of carbonyl (C=O) groups is 2. The van der Waals surface area contributed by atoms with E-state index in [9.17, 15) is 9.59 Å². The van der Waals surface area contributed by atoms with E-state index in [0.717, 1.165) is 23.1 Å². The van der Waals surface area contributed by atoms with E-state index in [2.05, 4.69) is 17.2 Å². The standard InChI is InChI=1S/C19H19NO6/c21-18(22)4-2-1-3-7-20-19(23)26-17-8-15-11-24-9-13(15)5-6-14-10-25-12-16(14)17/h9-12,17H,1-4,7-8H2,(H,20,23)(H,21,22). The number of amides is 1. The number of aliphatic carboxylic acids is 1. The number of ether oxygens (including phenoxy) is 1. The molecule has 0 fully saturated rings. The quantitative estimate of drug-likeness (QED) is 0.583. The van der Waals surface area contributed by atoms with E-state index < -0.39 is 18.2 Å². The molecule has 2 heterocycles. The molecular weight excluding hydrogens is 338 g/mol. The number of unbranched alkanes of at least 4 members (excludes halogenated alkanes) is 2. The van der Waals surface area contributed by atoms with Crippen molar-refractivity contribution in [2.75, 3.05) is 6.54 Å². The third kappa shape index (κ3) is 4.48. The third-order valence-corrected chi connectivity index (χ3v) is 4.10. The first kappa shape index (κ1) is 17.7. The summed E-state index contributed by atoms with van der Waals surface area (Å²) in [6.45, 7) is 0.431. The zero-order valence-electron chi connectivity index (χ0n) is 14.1. The minimum atomic E-state index is -0.806. The number of furan rings is 2. The molecule has 7 nitrogen and oxygen atoms in total. The molecule has 1 aliphatic rings. The van der Waals surface area contributed by atoms with Crippen LogP contribution in [0.5, 0.6) is 0 Å². The third-order valence-electron chi connectivity index (χ3n) is 4.10. The van der Waals surface area contributed by atoms with E-state index in [1.807, 2.05) is 0 Å². The SMILES string of the molecule is O=C(O)CCCCCNC(=O)OC1Cc2cocc2C#Cc2cocc21. The minimum Gasteiger partial charge on any atom is -0.481 e. The molecule has 7 heteroatoms. The number of carbonyl (C=O) groups excluding carboxylic acids is 1. The molecule has 1 aliphatic carbocycles. The van der Waals surface area contributed by atoms with Crippen molar-refractivity contribution in [3.63, 3.8) is 0 Å². The summed E-state index contributed by atoms with van der Waals surface area (Å²) in [6, 6.07) is 0. The van der Waals surface area contributed by atoms with Crippen LogP contribution in [-0.4, -0.2) is 23.7 Å². The normalized spacial score (nSPS) is 14.8. The fourth-order valence-electron chi connectivity index (χ4n) is 2.74. The maximum atomic E-state index is 12.1. The average molecular weight is 357 g/mol. The van der Waals surface area contributed by atoms with E-state index in [-0.39, 0.29) is 6.42 Å². The summed E-state index contributed by atoms with van der Waals surface area (Å²) in [7, 11) is 0. The van der Waals surface area contributed by atoms with Crippen molar-refractivity contribution in [1.82, 2.24) is 5.32 Å². The Balaban J connectivity index is 1.55. The Morgan fingerprint density at radius 1 is 1.12 bits per heavy atom. The number of hydrogen-bond acceptors (Lipinski definition) is 5. The van der Waals surface area contributed by atoms with Crippen LogP contribution in [0.3, 0.4) is 0 Å². The zero-order valence-corrected chi connectivity index (χ0v) is 14.1. The summed E-state index contributed by atoms with van der Waals surface area (Å²) < 4.78 is 16.0. The number of carboxylic acid groups (broad SMARTS) is 1. The Kier molecular flexibility index (Phi) is 5.64. The Morgan fingerprint density at radius 3 is 2.73 bits per heavy atom. The van der Waals surface area contributed by atoms with Crippen molar-refractivity contribution in [3.05, 3.63) is 47.3 Å². The first-order valence-corrected chi connectivity index (χ1v) is 8.43. The lowest BCUT2D eigenvalue weighted by Gasteiger charge is -2.18. The van der Waals surface area contributed by atoms with Crippen LogP contribution in [0.15, 0.2) is 33.9 Å². The lowest BCUT2D eigenvalue weighted by Crippen LogP contribution is -2.28. The fraction of sp³-hybridized carbons (Fsp3) is 0.368. The highest BCUT2D eigenvalue weighted by Gasteiger charge is 2.24. The number of hydrogen-bond donors (Lipinski definition) is 2. The van der Waals surface area contributed by atoms with E-state index in [0.29, 0.717) is 31.4 Å². The van der Waals surface area contributed by atoms with Gasteiger partial charge in [0.25, 0.3) is 0 Å². The van der Waals surface area contributed by atoms with E-state index >= 15 is 0 Å². The molecule has 0 saturated heterocycles. The Hall–Kier alpha value is -3.14. The second kappa shape index (κ2) is 8.30. The lowest BCUT2D eigenvalue weighted by atomic mass is 9.97. The molecule has 0 aromatic carbocycles. The van der Waals surface area contributed by atoms with Gasteiger partial charge in [-0.05, 0) is 12.8 Å². The Labute approximate surface area is 150 Å². The summed E-state index contributed by atoms with van der Waals surface area (Å²) >= 11 is 0. The van der Waals surface area contributed by atoms with Crippen LogP contribution in [0.1, 0.15) is 54.0 Å². The van der Waals surface area contributed by atoms with Crippen molar-refractivity contribution in [3.8, 4) is 11.8 Å². The lowest BCUT2D eigenvalue weighted by molar-refractivity contribution is -0.137. The topological polar surface area (TPSA) is 102 Å². The fourth-order valence-corrected chi connectivity index (χ4v) is 2.74. The Morgan fingerprint density at radius 2 is 1.88 bits per heavy atom. The molecule has 1 unspecified atom stereocenters. The summed E-state index contributed by atoms with van der Waals surface area (Å²) in [6.07, 6.45) is 7.80. The molecule has 0 spiro atoms. The van der Waals surface area contributed by atoms with Crippen molar-refractivity contribution in [1.29, 1.82) is 0 Å². The molecule has 2 aromatic heterocycles. The molecule has 0 bridgehead atoms. The van der Waals surface area contributed by atoms with Gasteiger partial charge < -0.3 is 24.0 Å². The first-order valence-electron chi connectivity index (χ1n) is 8.43. The molecule has 2 N–H and O–H groups in total. The second-order valence-corrected chi connectivity index (χ2v) is 6.03. The predicted octanol–water partition coefficient (Wildman–Crippen LogP) is 3.24. The van der Waals surface area contributed by atoms with Gasteiger partial charge in [-0.15, -0.1) is 0 Å². The van der Waals surface area contributed by atoms with Crippen LogP contribution in [0, 0.1) is 11.8 Å². The van der Waals surface area contributed by atoms with Crippen molar-refractivity contribution in [2.24, 2.45) is 0 Å². The maximum absolute atomic E-state index is 12.1. The van der Waals surface area contributed by atoms with Gasteiger partial charge in [-0.25, -0.2) is 4.79 Å². The smallest absolute Gasteiger partial charge is 0.407 e. The van der Waals surface area contributed by atoms with Gasteiger partial charge in [-0.3, -0.25) is 4.79 Å². The number of alkyl carbamates (subject to hydrolysis) is 1. The average Bonchev–Trinajstić information content (AvgIpc) is 3.22. The van der Waals surface area contributed by atoms with Gasteiger partial charge >= 0.3 is 12.1 Å². The van der Waals surface area contributed by atoms with Crippen molar-refractivity contribution < 1.29 is 28.3 Å². The molecule has 1 amide bonds. The van der Waals surface area contributed by atoms with Gasteiger partial charge in [-0.2, -0.15) is 0 Å². The van der Waals surface area contributed by atoms with E-state index in [4.69, 9.17) is 18.7 Å². The highest BCUT2D eigenvalue weighted by Crippen LogP contribution is 2.29. The molecule has 3 rings (SSSR count). The van der Waals surface area contributed by atoms with Gasteiger partial charge in [0.2, 0.25) is 0 Å². The van der Waals surface area contributed by atoms with Gasteiger partial charge in [-0.1, -0.05) is 18.3 Å². The highest BCUT2D eigenvalue weighted by molar-refractivity contribution is 5.68. The van der Waals surface area contributed by atoms with Gasteiger partial charge in [0, 0.05) is 30.5 Å². The molecule has 0 saturated carbocycles. The Bertz CT molecular complexity index is 838. The van der Waals surface area contributed by atoms with Crippen molar-refractivity contribution >= 4 is 12.1 Å². The first-order chi connectivity index (χ1) is 12.6. The number of carboxylic acids is 1. The van der Waals surface area contributed by atoms with Crippen molar-refractivity contribution in [2.45, 2.75) is 38.2 Å². The summed E-state index contributed by atoms with van der Waals surface area (Å²) in [5.41, 5.74) is 3.05. The molecule has 26 heavy (non-hydrogen) atoms. The van der Waals surface area contributed by atoms with Crippen LogP contribution in [0.2, 0.25) is 0 Å². The van der Waals surface area contributed by atoms with Crippen LogP contribution in [0.25, 0.3) is 0 Å². The number of nitrogens with one attached hydrogen (secondary N) is 1. The summed E-state index contributed by atoms with van der Waals surface area (Å²) in [5.74, 6) is 5.22. The van der Waals surface area contributed by atoms with E-state index in [1.165, 1.54) is 6.26 Å². The van der Waals surface area contributed by atoms with E-state index in [1.54, 1.807) is 18.8 Å². The van der Waals surface area contributed by atoms with Crippen LogP contribution in [0.4, 0.5) is 4.79 Å². The highest BCUT2D eigenvalue weighted by atomic mass is 16.6. The molecule has 0 aliphatic heterocycles. The van der Waals surface area contributed by atoms with Crippen LogP contribution < -0.4 is 5.32 Å². The predicted molar refractivity (Wildman–Crippen MR) is 90.4 cm³/mol. The minimum absolute atomic E-state index is 0.143. The molecule has 1 atom stereocenters. The largest absolute Gasteiger partial charge is 0.481 e. The van der Waals surface area contributed by atoms with Gasteiger partial charge in [0.15, 0.2) is 0 Å². The van der Waals surface area contributed by atoms with Crippen LogP contribution in [-0.2, 0) is 16.0 Å². The molecule has 2 aromatic rings. The molecule has 0 radical (unpaired) electrons. The molecule has 136 valence electrons. The molecular formula is C19H19NO6. The monoisotopic (exact) mass is 357 g/mol. The summed E-state index contributed by atoms with van der Waals surface area (Å²) in [5, 5.41) is 11.3. The van der Waals surface area contributed by atoms with Gasteiger partial charge in [0.1, 0.15) is 18.6 Å². The van der Waals surface area contributed by atoms with Gasteiger partial charge in [0.05, 0.1) is 23.7 Å². The number of rotatable bonds is 7. The summed E-state index contributed by atoms with van der Waals surface area (Å²) in [4.78, 5) is 22.6. The number of fused-ring (bicyclic) bond motifs is 2. The van der Waals surface area contributed by atoms with Crippen LogP contribution >= 0.6 is 0 Å². The second-order valence-electron chi connectivity index (χ2n) is 6.03.